The van der Waals surface area contributed by atoms with Gasteiger partial charge in [0.15, 0.2) is 0 Å². The van der Waals surface area contributed by atoms with E-state index in [0.717, 1.165) is 22.9 Å². The molecule has 4 rings (SSSR count). The molecule has 140 valence electrons. The van der Waals surface area contributed by atoms with Crippen LogP contribution in [0.3, 0.4) is 0 Å². The second kappa shape index (κ2) is 7.87. The number of hydrogen-bond donors (Lipinski definition) is 3. The van der Waals surface area contributed by atoms with Crippen molar-refractivity contribution in [3.8, 4) is 0 Å². The van der Waals surface area contributed by atoms with E-state index in [-0.39, 0.29) is 5.56 Å². The van der Waals surface area contributed by atoms with E-state index in [1.165, 1.54) is 0 Å². The minimum atomic E-state index is -0.172. The van der Waals surface area contributed by atoms with E-state index in [0.29, 0.717) is 29.4 Å². The monoisotopic (exact) mass is 372 g/mol. The Morgan fingerprint density at radius 2 is 2.04 bits per heavy atom. The number of aryl methyl sites for hydroxylation is 1. The second-order valence-corrected chi connectivity index (χ2v) is 6.51. The number of nitrogens with zero attached hydrogens (tertiary/aromatic N) is 3. The fourth-order valence-electron chi connectivity index (χ4n) is 3.01. The Hall–Kier alpha value is -3.74. The maximum Gasteiger partial charge on any atom is 0.259 e. The normalized spacial score (nSPS) is 10.8. The van der Waals surface area contributed by atoms with Crippen molar-refractivity contribution in [1.82, 2.24) is 19.9 Å². The number of pyridine rings is 4. The molecule has 3 N–H and O–H groups in total. The van der Waals surface area contributed by atoms with E-state index >= 15 is 0 Å². The Morgan fingerprint density at radius 3 is 2.86 bits per heavy atom. The highest BCUT2D eigenvalue weighted by molar-refractivity contribution is 5.93. The summed E-state index contributed by atoms with van der Waals surface area (Å²) >= 11 is 0. The smallest absolute Gasteiger partial charge is 0.259 e. The molecule has 4 aromatic rings. The summed E-state index contributed by atoms with van der Waals surface area (Å²) in [5.74, 6) is 1.87. The molecule has 4 heterocycles. The Kier molecular flexibility index (Phi) is 4.97. The first-order valence-corrected chi connectivity index (χ1v) is 9.04. The molecule has 0 radical (unpaired) electrons. The maximum absolute atomic E-state index is 12.4. The molecule has 0 amide bonds. The van der Waals surface area contributed by atoms with Crippen molar-refractivity contribution in [1.29, 1.82) is 0 Å². The third-order valence-corrected chi connectivity index (χ3v) is 4.35. The van der Waals surface area contributed by atoms with Gasteiger partial charge >= 0.3 is 0 Å². The van der Waals surface area contributed by atoms with Gasteiger partial charge in [0.2, 0.25) is 0 Å². The minimum Gasteiger partial charge on any atom is -0.369 e. The van der Waals surface area contributed by atoms with Gasteiger partial charge in [-0.15, -0.1) is 0 Å². The number of rotatable bonds is 6. The fraction of sp³-hybridized carbons (Fsp3) is 0.143. The highest BCUT2D eigenvalue weighted by atomic mass is 16.1. The number of aromatic nitrogens is 4. The van der Waals surface area contributed by atoms with Crippen LogP contribution in [0.1, 0.15) is 11.1 Å². The predicted molar refractivity (Wildman–Crippen MR) is 111 cm³/mol. The molecule has 0 aliphatic heterocycles. The van der Waals surface area contributed by atoms with Crippen LogP contribution in [0.15, 0.2) is 66.0 Å². The third-order valence-electron chi connectivity index (χ3n) is 4.35. The Morgan fingerprint density at radius 1 is 1.11 bits per heavy atom. The van der Waals surface area contributed by atoms with Crippen LogP contribution in [0, 0.1) is 6.92 Å². The predicted octanol–water partition coefficient (Wildman–Crippen LogP) is 3.42. The molecule has 0 spiro atoms. The lowest BCUT2D eigenvalue weighted by Crippen LogP contribution is -2.13. The summed E-state index contributed by atoms with van der Waals surface area (Å²) < 4.78 is 0. The zero-order valence-electron chi connectivity index (χ0n) is 15.4. The molecule has 0 bridgehead atoms. The van der Waals surface area contributed by atoms with Crippen molar-refractivity contribution < 1.29 is 0 Å². The highest BCUT2D eigenvalue weighted by Crippen LogP contribution is 2.23. The molecular formula is C21H20N6O. The van der Waals surface area contributed by atoms with Gasteiger partial charge in [-0.2, -0.15) is 0 Å². The lowest BCUT2D eigenvalue weighted by Gasteiger charge is -2.12. The van der Waals surface area contributed by atoms with Crippen molar-refractivity contribution in [2.24, 2.45) is 0 Å². The molecule has 28 heavy (non-hydrogen) atoms. The summed E-state index contributed by atoms with van der Waals surface area (Å²) in [5, 5.41) is 7.86. The van der Waals surface area contributed by atoms with Crippen LogP contribution in [0.4, 0.5) is 17.5 Å². The van der Waals surface area contributed by atoms with Crippen molar-refractivity contribution in [3.05, 3.63) is 82.7 Å². The zero-order valence-corrected chi connectivity index (χ0v) is 15.4. The number of H-pyrrole nitrogens is 1. The van der Waals surface area contributed by atoms with Gasteiger partial charge in [0.1, 0.15) is 17.5 Å². The Bertz CT molecular complexity index is 1160. The van der Waals surface area contributed by atoms with Gasteiger partial charge in [-0.05, 0) is 60.2 Å². The van der Waals surface area contributed by atoms with Gasteiger partial charge in [-0.25, -0.2) is 9.97 Å². The van der Waals surface area contributed by atoms with Crippen molar-refractivity contribution in [2.45, 2.75) is 13.3 Å². The van der Waals surface area contributed by atoms with E-state index < -0.39 is 0 Å². The molecule has 0 unspecified atom stereocenters. The first kappa shape index (κ1) is 17.7. The average Bonchev–Trinajstić information content (AvgIpc) is 2.69. The molecule has 0 aromatic carbocycles. The molecule has 0 saturated carbocycles. The van der Waals surface area contributed by atoms with E-state index in [1.54, 1.807) is 18.6 Å². The number of nitrogens with one attached hydrogen (secondary N) is 3. The molecule has 0 fully saturated rings. The van der Waals surface area contributed by atoms with Gasteiger partial charge in [0.05, 0.1) is 5.39 Å². The van der Waals surface area contributed by atoms with Gasteiger partial charge in [0.25, 0.3) is 5.56 Å². The summed E-state index contributed by atoms with van der Waals surface area (Å²) in [5.41, 5.74) is 2.05. The van der Waals surface area contributed by atoms with Crippen molar-refractivity contribution >= 4 is 28.2 Å². The summed E-state index contributed by atoms with van der Waals surface area (Å²) in [7, 11) is 0. The molecule has 0 aliphatic carbocycles. The van der Waals surface area contributed by atoms with E-state index in [2.05, 4.69) is 30.6 Å². The van der Waals surface area contributed by atoms with Crippen LogP contribution in [0.25, 0.3) is 10.8 Å². The van der Waals surface area contributed by atoms with Gasteiger partial charge in [-0.3, -0.25) is 9.78 Å². The van der Waals surface area contributed by atoms with Gasteiger partial charge in [-0.1, -0.05) is 6.07 Å². The number of anilines is 3. The summed E-state index contributed by atoms with van der Waals surface area (Å²) in [6, 6.07) is 11.5. The summed E-state index contributed by atoms with van der Waals surface area (Å²) in [6.45, 7) is 2.64. The van der Waals surface area contributed by atoms with Crippen molar-refractivity contribution in [2.75, 3.05) is 17.2 Å². The van der Waals surface area contributed by atoms with E-state index in [4.69, 9.17) is 0 Å². The molecule has 0 atom stereocenters. The Labute approximate surface area is 161 Å². The molecule has 0 aliphatic rings. The highest BCUT2D eigenvalue weighted by Gasteiger charge is 2.10. The minimum absolute atomic E-state index is 0.172. The van der Waals surface area contributed by atoms with Crippen LogP contribution in [-0.4, -0.2) is 26.5 Å². The third kappa shape index (κ3) is 3.98. The number of fused-ring (bicyclic) bond motifs is 1. The van der Waals surface area contributed by atoms with Crippen LogP contribution in [-0.2, 0) is 6.42 Å². The number of aromatic amines is 1. The molecule has 4 aromatic heterocycles. The lowest BCUT2D eigenvalue weighted by molar-refractivity contribution is 0.996. The van der Waals surface area contributed by atoms with Crippen LogP contribution >= 0.6 is 0 Å². The largest absolute Gasteiger partial charge is 0.369 e. The topological polar surface area (TPSA) is 95.6 Å². The summed E-state index contributed by atoms with van der Waals surface area (Å²) in [4.78, 5) is 28.2. The van der Waals surface area contributed by atoms with Crippen LogP contribution in [0.2, 0.25) is 0 Å². The molecule has 0 saturated heterocycles. The molecule has 7 nitrogen and oxygen atoms in total. The lowest BCUT2D eigenvalue weighted by atomic mass is 10.2. The first-order valence-electron chi connectivity index (χ1n) is 9.04. The quantitative estimate of drug-likeness (QED) is 0.480. The van der Waals surface area contributed by atoms with Crippen LogP contribution in [0.5, 0.6) is 0 Å². The fourth-order valence-corrected chi connectivity index (χ4v) is 3.01. The standard InChI is InChI=1S/C21H20N6O/c1-14-4-8-23-17(11-14)26-18-12-16-6-10-25-21(28)19(16)20(27-18)24-9-5-15-3-2-7-22-13-15/h2-4,6-8,10-13H,5,9H2,1H3,(H,25,28)(H2,23,24,26,27). The van der Waals surface area contributed by atoms with Gasteiger partial charge in [0, 0.05) is 31.3 Å². The maximum atomic E-state index is 12.4. The molecular weight excluding hydrogens is 352 g/mol. The SMILES string of the molecule is Cc1ccnc(Nc2cc3cc[nH]c(=O)c3c(NCCc3cccnc3)n2)c1. The first-order chi connectivity index (χ1) is 13.7. The van der Waals surface area contributed by atoms with Crippen molar-refractivity contribution in [3.63, 3.8) is 0 Å². The second-order valence-electron chi connectivity index (χ2n) is 6.51. The zero-order chi connectivity index (χ0) is 19.3. The van der Waals surface area contributed by atoms with Crippen LogP contribution < -0.4 is 16.2 Å². The van der Waals surface area contributed by atoms with Gasteiger partial charge < -0.3 is 15.6 Å². The Balaban J connectivity index is 1.64. The summed E-state index contributed by atoms with van der Waals surface area (Å²) in [6.07, 6.45) is 7.75. The van der Waals surface area contributed by atoms with E-state index in [9.17, 15) is 4.79 Å². The number of hydrogen-bond acceptors (Lipinski definition) is 6. The molecule has 7 heteroatoms. The average molecular weight is 372 g/mol. The van der Waals surface area contributed by atoms with E-state index in [1.807, 2.05) is 49.5 Å².